The van der Waals surface area contributed by atoms with Crippen LogP contribution in [0.1, 0.15) is 12.5 Å². The first-order chi connectivity index (χ1) is 5.36. The molecule has 1 atom stereocenters. The SMILES string of the molecule is CC1CNc2ccncc2C1. The zero-order chi connectivity index (χ0) is 7.68. The summed E-state index contributed by atoms with van der Waals surface area (Å²) in [6.45, 7) is 3.35. The Morgan fingerprint density at radius 3 is 3.45 bits per heavy atom. The largest absolute Gasteiger partial charge is 0.384 e. The van der Waals surface area contributed by atoms with Crippen LogP contribution in [0.5, 0.6) is 0 Å². The van der Waals surface area contributed by atoms with Crippen molar-refractivity contribution in [1.82, 2.24) is 4.98 Å². The van der Waals surface area contributed by atoms with E-state index in [-0.39, 0.29) is 0 Å². The van der Waals surface area contributed by atoms with Crippen LogP contribution in [0.3, 0.4) is 0 Å². The van der Waals surface area contributed by atoms with Gasteiger partial charge in [0.05, 0.1) is 0 Å². The summed E-state index contributed by atoms with van der Waals surface area (Å²) in [5.74, 6) is 0.742. The van der Waals surface area contributed by atoms with Gasteiger partial charge in [-0.15, -0.1) is 0 Å². The van der Waals surface area contributed by atoms with Crippen molar-refractivity contribution in [3.8, 4) is 0 Å². The number of hydrogen-bond acceptors (Lipinski definition) is 2. The lowest BCUT2D eigenvalue weighted by atomic mass is 9.97. The Balaban J connectivity index is 2.34. The van der Waals surface area contributed by atoms with Gasteiger partial charge in [-0.25, -0.2) is 0 Å². The summed E-state index contributed by atoms with van der Waals surface area (Å²) in [6, 6.07) is 2.04. The lowest BCUT2D eigenvalue weighted by Gasteiger charge is -2.22. The van der Waals surface area contributed by atoms with Gasteiger partial charge in [-0.05, 0) is 24.0 Å². The monoisotopic (exact) mass is 148 g/mol. The van der Waals surface area contributed by atoms with Crippen molar-refractivity contribution in [2.45, 2.75) is 13.3 Å². The van der Waals surface area contributed by atoms with Crippen LogP contribution in [0.25, 0.3) is 0 Å². The molecule has 0 amide bonds. The van der Waals surface area contributed by atoms with E-state index in [0.29, 0.717) is 0 Å². The second kappa shape index (κ2) is 2.53. The van der Waals surface area contributed by atoms with Crippen molar-refractivity contribution in [3.63, 3.8) is 0 Å². The minimum Gasteiger partial charge on any atom is -0.384 e. The Morgan fingerprint density at radius 2 is 2.55 bits per heavy atom. The first kappa shape index (κ1) is 6.65. The molecular weight excluding hydrogens is 136 g/mol. The van der Waals surface area contributed by atoms with Gasteiger partial charge in [-0.1, -0.05) is 6.92 Å². The third-order valence-corrected chi connectivity index (χ3v) is 2.11. The molecule has 1 aliphatic rings. The Bertz CT molecular complexity index is 257. The molecule has 2 heteroatoms. The fourth-order valence-corrected chi connectivity index (χ4v) is 1.49. The second-order valence-electron chi connectivity index (χ2n) is 3.22. The van der Waals surface area contributed by atoms with Crippen LogP contribution in [-0.2, 0) is 6.42 Å². The summed E-state index contributed by atoms with van der Waals surface area (Å²) in [4.78, 5) is 4.09. The molecule has 0 aliphatic carbocycles. The van der Waals surface area contributed by atoms with Gasteiger partial charge in [0, 0.05) is 24.6 Å². The van der Waals surface area contributed by atoms with Crippen molar-refractivity contribution in [2.24, 2.45) is 5.92 Å². The molecule has 11 heavy (non-hydrogen) atoms. The Morgan fingerprint density at radius 1 is 1.64 bits per heavy atom. The van der Waals surface area contributed by atoms with E-state index in [0.717, 1.165) is 18.9 Å². The van der Waals surface area contributed by atoms with Gasteiger partial charge in [0.15, 0.2) is 0 Å². The number of hydrogen-bond donors (Lipinski definition) is 1. The molecule has 0 spiro atoms. The molecule has 1 unspecified atom stereocenters. The number of fused-ring (bicyclic) bond motifs is 1. The Labute approximate surface area is 66.7 Å². The number of nitrogens with one attached hydrogen (secondary N) is 1. The predicted molar refractivity (Wildman–Crippen MR) is 45.6 cm³/mol. The molecule has 0 aromatic carbocycles. The second-order valence-corrected chi connectivity index (χ2v) is 3.22. The van der Waals surface area contributed by atoms with Crippen molar-refractivity contribution >= 4 is 5.69 Å². The summed E-state index contributed by atoms with van der Waals surface area (Å²) in [5.41, 5.74) is 2.62. The van der Waals surface area contributed by atoms with Crippen LogP contribution in [0.4, 0.5) is 5.69 Å². The molecule has 2 nitrogen and oxygen atoms in total. The zero-order valence-corrected chi connectivity index (χ0v) is 6.67. The van der Waals surface area contributed by atoms with E-state index in [1.807, 2.05) is 18.5 Å². The first-order valence-electron chi connectivity index (χ1n) is 4.03. The highest BCUT2D eigenvalue weighted by Gasteiger charge is 2.12. The number of rotatable bonds is 0. The lowest BCUT2D eigenvalue weighted by Crippen LogP contribution is -2.20. The van der Waals surface area contributed by atoms with Gasteiger partial charge in [-0.3, -0.25) is 4.98 Å². The molecule has 2 rings (SSSR count). The zero-order valence-electron chi connectivity index (χ0n) is 6.67. The lowest BCUT2D eigenvalue weighted by molar-refractivity contribution is 0.593. The van der Waals surface area contributed by atoms with Gasteiger partial charge < -0.3 is 5.32 Å². The standard InChI is InChI=1S/C9H12N2/c1-7-4-8-6-10-3-2-9(8)11-5-7/h2-3,6-7,11H,4-5H2,1H3. The van der Waals surface area contributed by atoms with E-state index in [4.69, 9.17) is 0 Å². The molecule has 1 aromatic rings. The molecule has 1 aromatic heterocycles. The van der Waals surface area contributed by atoms with E-state index in [9.17, 15) is 0 Å². The van der Waals surface area contributed by atoms with Crippen LogP contribution >= 0.6 is 0 Å². The Hall–Kier alpha value is -1.05. The molecule has 0 saturated carbocycles. The summed E-state index contributed by atoms with van der Waals surface area (Å²) >= 11 is 0. The highest BCUT2D eigenvalue weighted by atomic mass is 14.9. The molecule has 2 heterocycles. The smallest absolute Gasteiger partial charge is 0.0403 e. The maximum absolute atomic E-state index is 4.09. The average Bonchev–Trinajstić information content (AvgIpc) is 2.04. The minimum atomic E-state index is 0.742. The van der Waals surface area contributed by atoms with Crippen LogP contribution in [0, 0.1) is 5.92 Å². The van der Waals surface area contributed by atoms with Gasteiger partial charge in [-0.2, -0.15) is 0 Å². The normalized spacial score (nSPS) is 22.1. The van der Waals surface area contributed by atoms with Gasteiger partial charge in [0.1, 0.15) is 0 Å². The third kappa shape index (κ3) is 1.20. The molecule has 0 bridgehead atoms. The van der Waals surface area contributed by atoms with E-state index in [2.05, 4.69) is 17.2 Å². The molecule has 1 aliphatic heterocycles. The van der Waals surface area contributed by atoms with E-state index < -0.39 is 0 Å². The van der Waals surface area contributed by atoms with Crippen molar-refractivity contribution in [1.29, 1.82) is 0 Å². The van der Waals surface area contributed by atoms with Crippen LogP contribution < -0.4 is 5.32 Å². The fraction of sp³-hybridized carbons (Fsp3) is 0.444. The van der Waals surface area contributed by atoms with Crippen molar-refractivity contribution < 1.29 is 0 Å². The molecule has 1 N–H and O–H groups in total. The van der Waals surface area contributed by atoms with Gasteiger partial charge in [0.25, 0.3) is 0 Å². The van der Waals surface area contributed by atoms with Crippen molar-refractivity contribution in [3.05, 3.63) is 24.0 Å². The van der Waals surface area contributed by atoms with Gasteiger partial charge >= 0.3 is 0 Å². The molecule has 0 saturated heterocycles. The number of nitrogens with zero attached hydrogens (tertiary/aromatic N) is 1. The highest BCUT2D eigenvalue weighted by Crippen LogP contribution is 2.22. The summed E-state index contributed by atoms with van der Waals surface area (Å²) in [7, 11) is 0. The number of aromatic nitrogens is 1. The van der Waals surface area contributed by atoms with Crippen LogP contribution in [-0.4, -0.2) is 11.5 Å². The topological polar surface area (TPSA) is 24.9 Å². The summed E-state index contributed by atoms with van der Waals surface area (Å²) in [5, 5.41) is 3.37. The van der Waals surface area contributed by atoms with E-state index in [1.54, 1.807) is 0 Å². The molecule has 0 radical (unpaired) electrons. The minimum absolute atomic E-state index is 0.742. The quantitative estimate of drug-likeness (QED) is 0.605. The highest BCUT2D eigenvalue weighted by molar-refractivity contribution is 5.51. The van der Waals surface area contributed by atoms with Crippen LogP contribution in [0.15, 0.2) is 18.5 Å². The fourth-order valence-electron chi connectivity index (χ4n) is 1.49. The maximum atomic E-state index is 4.09. The average molecular weight is 148 g/mol. The molecular formula is C9H12N2. The van der Waals surface area contributed by atoms with Crippen molar-refractivity contribution in [2.75, 3.05) is 11.9 Å². The first-order valence-corrected chi connectivity index (χ1v) is 4.03. The molecule has 0 fully saturated rings. The molecule has 58 valence electrons. The summed E-state index contributed by atoms with van der Waals surface area (Å²) in [6.07, 6.45) is 4.95. The third-order valence-electron chi connectivity index (χ3n) is 2.11. The van der Waals surface area contributed by atoms with Gasteiger partial charge in [0.2, 0.25) is 0 Å². The number of anilines is 1. The maximum Gasteiger partial charge on any atom is 0.0403 e. The number of pyridine rings is 1. The van der Waals surface area contributed by atoms with E-state index in [1.165, 1.54) is 11.3 Å². The van der Waals surface area contributed by atoms with Crippen LogP contribution in [0.2, 0.25) is 0 Å². The summed E-state index contributed by atoms with van der Waals surface area (Å²) < 4.78 is 0. The van der Waals surface area contributed by atoms with E-state index >= 15 is 0 Å². The Kier molecular flexibility index (Phi) is 1.53. The predicted octanol–water partition coefficient (Wildman–Crippen LogP) is 1.69.